The number of nitrogens with one attached hydrogen (secondary N) is 1. The molecule has 28 heavy (non-hydrogen) atoms. The van der Waals surface area contributed by atoms with Gasteiger partial charge in [-0.25, -0.2) is 9.97 Å². The number of pyridine rings is 1. The van der Waals surface area contributed by atoms with Gasteiger partial charge in [0.15, 0.2) is 5.96 Å². The SMILES string of the molecule is CN=C(NCc1cccnc1-n1ccnc1C)N1CC2C3CCC(O3)C2C1.I. The number of aryl methyl sites for hydroxylation is 1. The van der Waals surface area contributed by atoms with Crippen molar-refractivity contribution in [3.05, 3.63) is 42.1 Å². The number of imidazole rings is 1. The number of guanidine groups is 1. The van der Waals surface area contributed by atoms with E-state index in [1.165, 1.54) is 12.8 Å². The molecular weight excluding hydrogens is 467 g/mol. The van der Waals surface area contributed by atoms with Crippen molar-refractivity contribution in [2.75, 3.05) is 20.1 Å². The van der Waals surface area contributed by atoms with Crippen LogP contribution in [-0.2, 0) is 11.3 Å². The zero-order chi connectivity index (χ0) is 18.4. The normalized spacial score (nSPS) is 28.4. The zero-order valence-electron chi connectivity index (χ0n) is 16.3. The number of rotatable bonds is 3. The number of halogens is 1. The van der Waals surface area contributed by atoms with Crippen LogP contribution in [0.4, 0.5) is 0 Å². The van der Waals surface area contributed by atoms with Crippen LogP contribution in [0.15, 0.2) is 35.7 Å². The molecule has 4 unspecified atom stereocenters. The molecule has 5 rings (SSSR count). The Hall–Kier alpha value is -1.68. The summed E-state index contributed by atoms with van der Waals surface area (Å²) in [5.41, 5.74) is 1.13. The molecule has 3 fully saturated rings. The Bertz CT molecular complexity index is 850. The summed E-state index contributed by atoms with van der Waals surface area (Å²) < 4.78 is 8.12. The number of likely N-dealkylation sites (tertiary alicyclic amines) is 1. The van der Waals surface area contributed by atoms with Crippen molar-refractivity contribution < 1.29 is 4.74 Å². The Morgan fingerprint density at radius 1 is 1.21 bits per heavy atom. The van der Waals surface area contributed by atoms with Crippen molar-refractivity contribution in [2.24, 2.45) is 16.8 Å². The van der Waals surface area contributed by atoms with E-state index >= 15 is 0 Å². The molecule has 5 heterocycles. The van der Waals surface area contributed by atoms with Crippen molar-refractivity contribution in [1.29, 1.82) is 0 Å². The highest BCUT2D eigenvalue weighted by atomic mass is 127. The third-order valence-electron chi connectivity index (χ3n) is 6.32. The minimum Gasteiger partial charge on any atom is -0.374 e. The van der Waals surface area contributed by atoms with Crippen LogP contribution in [-0.4, -0.2) is 57.7 Å². The maximum absolute atomic E-state index is 6.09. The fourth-order valence-corrected chi connectivity index (χ4v) is 5.03. The first-order chi connectivity index (χ1) is 13.2. The van der Waals surface area contributed by atoms with Gasteiger partial charge in [-0.05, 0) is 25.8 Å². The molecule has 1 N–H and O–H groups in total. The van der Waals surface area contributed by atoms with E-state index in [0.717, 1.165) is 36.3 Å². The van der Waals surface area contributed by atoms with Gasteiger partial charge in [0.1, 0.15) is 11.6 Å². The largest absolute Gasteiger partial charge is 0.374 e. The van der Waals surface area contributed by atoms with Gasteiger partial charge in [-0.3, -0.25) is 9.56 Å². The van der Waals surface area contributed by atoms with Gasteiger partial charge in [0.2, 0.25) is 0 Å². The smallest absolute Gasteiger partial charge is 0.193 e. The number of hydrogen-bond acceptors (Lipinski definition) is 4. The van der Waals surface area contributed by atoms with E-state index < -0.39 is 0 Å². The maximum atomic E-state index is 6.09. The molecule has 0 amide bonds. The third kappa shape index (κ3) is 3.30. The summed E-state index contributed by atoms with van der Waals surface area (Å²) in [7, 11) is 1.87. The van der Waals surface area contributed by atoms with Gasteiger partial charge in [-0.2, -0.15) is 0 Å². The van der Waals surface area contributed by atoms with Crippen LogP contribution in [0, 0.1) is 18.8 Å². The van der Waals surface area contributed by atoms with Crippen LogP contribution >= 0.6 is 24.0 Å². The molecular formula is C20H27IN6O. The van der Waals surface area contributed by atoms with E-state index in [4.69, 9.17) is 4.74 Å². The number of fused-ring (bicyclic) bond motifs is 5. The highest BCUT2D eigenvalue weighted by Crippen LogP contribution is 2.47. The molecule has 8 heteroatoms. The van der Waals surface area contributed by atoms with Crippen molar-refractivity contribution in [1.82, 2.24) is 24.8 Å². The summed E-state index contributed by atoms with van der Waals surface area (Å²) in [6.45, 7) is 4.77. The van der Waals surface area contributed by atoms with E-state index in [2.05, 4.69) is 31.2 Å². The van der Waals surface area contributed by atoms with Gasteiger partial charge in [0, 0.05) is 62.7 Å². The summed E-state index contributed by atoms with van der Waals surface area (Å²) in [5.74, 6) is 4.16. The van der Waals surface area contributed by atoms with Crippen LogP contribution in [0.25, 0.3) is 5.82 Å². The van der Waals surface area contributed by atoms with Crippen LogP contribution < -0.4 is 5.32 Å². The number of aromatic nitrogens is 3. The molecule has 2 aromatic rings. The number of aliphatic imine (C=N–C) groups is 1. The van der Waals surface area contributed by atoms with Crippen molar-refractivity contribution in [3.8, 4) is 5.82 Å². The third-order valence-corrected chi connectivity index (χ3v) is 6.32. The lowest BCUT2D eigenvalue weighted by atomic mass is 9.82. The van der Waals surface area contributed by atoms with Crippen molar-refractivity contribution in [3.63, 3.8) is 0 Å². The monoisotopic (exact) mass is 494 g/mol. The van der Waals surface area contributed by atoms with Gasteiger partial charge < -0.3 is 15.0 Å². The highest BCUT2D eigenvalue weighted by Gasteiger charge is 2.53. The Morgan fingerprint density at radius 3 is 2.61 bits per heavy atom. The fourth-order valence-electron chi connectivity index (χ4n) is 5.03. The van der Waals surface area contributed by atoms with E-state index in [9.17, 15) is 0 Å². The lowest BCUT2D eigenvalue weighted by molar-refractivity contribution is 0.0767. The Labute approximate surface area is 182 Å². The van der Waals surface area contributed by atoms with Gasteiger partial charge in [0.05, 0.1) is 12.2 Å². The zero-order valence-corrected chi connectivity index (χ0v) is 18.6. The first-order valence-electron chi connectivity index (χ1n) is 9.80. The van der Waals surface area contributed by atoms with E-state index in [1.807, 2.05) is 37.0 Å². The Kier molecular flexibility index (Phi) is 5.59. The second-order valence-electron chi connectivity index (χ2n) is 7.75. The molecule has 3 aliphatic heterocycles. The molecule has 0 spiro atoms. The summed E-state index contributed by atoms with van der Waals surface area (Å²) >= 11 is 0. The Balaban J connectivity index is 0.00000192. The molecule has 2 bridgehead atoms. The molecule has 2 aromatic heterocycles. The predicted octanol–water partition coefficient (Wildman–Crippen LogP) is 2.38. The molecule has 0 aromatic carbocycles. The minimum atomic E-state index is 0. The lowest BCUT2D eigenvalue weighted by Gasteiger charge is -2.23. The molecule has 3 aliphatic rings. The summed E-state index contributed by atoms with van der Waals surface area (Å²) in [6, 6.07) is 4.08. The average Bonchev–Trinajstić information content (AvgIpc) is 3.45. The molecule has 0 aliphatic carbocycles. The molecule has 0 saturated carbocycles. The summed E-state index contributed by atoms with van der Waals surface area (Å²) in [4.78, 5) is 15.8. The Morgan fingerprint density at radius 2 is 1.96 bits per heavy atom. The summed E-state index contributed by atoms with van der Waals surface area (Å²) in [5, 5.41) is 3.55. The van der Waals surface area contributed by atoms with Gasteiger partial charge in [0.25, 0.3) is 0 Å². The van der Waals surface area contributed by atoms with Crippen LogP contribution in [0.5, 0.6) is 0 Å². The second-order valence-corrected chi connectivity index (χ2v) is 7.75. The van der Waals surface area contributed by atoms with E-state index in [-0.39, 0.29) is 24.0 Å². The number of nitrogens with zero attached hydrogens (tertiary/aromatic N) is 5. The first kappa shape index (κ1) is 19.6. The van der Waals surface area contributed by atoms with Crippen LogP contribution in [0.1, 0.15) is 24.2 Å². The summed E-state index contributed by atoms with van der Waals surface area (Å²) in [6.07, 6.45) is 8.98. The highest BCUT2D eigenvalue weighted by molar-refractivity contribution is 14.0. The van der Waals surface area contributed by atoms with Gasteiger partial charge in [-0.15, -0.1) is 24.0 Å². The number of hydrogen-bond donors (Lipinski definition) is 1. The van der Waals surface area contributed by atoms with E-state index in [0.29, 0.717) is 30.6 Å². The minimum absolute atomic E-state index is 0. The van der Waals surface area contributed by atoms with Gasteiger partial charge in [-0.1, -0.05) is 6.07 Å². The predicted molar refractivity (Wildman–Crippen MR) is 118 cm³/mol. The van der Waals surface area contributed by atoms with E-state index in [1.54, 1.807) is 6.20 Å². The fraction of sp³-hybridized carbons (Fsp3) is 0.550. The molecule has 7 nitrogen and oxygen atoms in total. The molecule has 4 atom stereocenters. The standard InChI is InChI=1S/C20H26N6O.HI/c1-13-22-8-9-26(13)19-14(4-3-7-23-19)10-24-20(21-2)25-11-15-16(12-25)18-6-5-17(15)27-18;/h3-4,7-9,15-18H,5-6,10-12H2,1-2H3,(H,21,24);1H. The lowest BCUT2D eigenvalue weighted by Crippen LogP contribution is -2.41. The van der Waals surface area contributed by atoms with Crippen molar-refractivity contribution >= 4 is 29.9 Å². The maximum Gasteiger partial charge on any atom is 0.193 e. The average molecular weight is 494 g/mol. The van der Waals surface area contributed by atoms with Crippen molar-refractivity contribution in [2.45, 2.75) is 38.5 Å². The number of ether oxygens (including phenoxy) is 1. The molecule has 150 valence electrons. The first-order valence-corrected chi connectivity index (χ1v) is 9.80. The van der Waals surface area contributed by atoms with Gasteiger partial charge >= 0.3 is 0 Å². The molecule has 0 radical (unpaired) electrons. The van der Waals surface area contributed by atoms with Crippen LogP contribution in [0.2, 0.25) is 0 Å². The molecule has 3 saturated heterocycles. The quantitative estimate of drug-likeness (QED) is 0.404. The second kappa shape index (κ2) is 7.98. The van der Waals surface area contributed by atoms with Crippen LogP contribution in [0.3, 0.4) is 0 Å². The topological polar surface area (TPSA) is 67.6 Å².